The molecule has 3 rings (SSSR count). The fourth-order valence-corrected chi connectivity index (χ4v) is 2.38. The average Bonchev–Trinajstić information content (AvgIpc) is 3.04. The Labute approximate surface area is 148 Å². The van der Waals surface area contributed by atoms with Crippen LogP contribution in [0.2, 0.25) is 10.0 Å². The van der Waals surface area contributed by atoms with Crippen molar-refractivity contribution in [1.29, 1.82) is 0 Å². The summed E-state index contributed by atoms with van der Waals surface area (Å²) in [7, 11) is 0. The van der Waals surface area contributed by atoms with Crippen LogP contribution in [0.3, 0.4) is 0 Å². The van der Waals surface area contributed by atoms with Crippen LogP contribution in [0, 0.1) is 0 Å². The topological polar surface area (TPSA) is 69.0 Å². The molecule has 3 aromatic rings. The van der Waals surface area contributed by atoms with Gasteiger partial charge in [-0.1, -0.05) is 23.2 Å². The second kappa shape index (κ2) is 7.33. The molecular weight excluding hydrogens is 351 g/mol. The van der Waals surface area contributed by atoms with Gasteiger partial charge in [0, 0.05) is 29.3 Å². The molecule has 2 heterocycles. The van der Waals surface area contributed by atoms with E-state index in [1.165, 1.54) is 4.68 Å². The highest BCUT2D eigenvalue weighted by Gasteiger charge is 2.10. The van der Waals surface area contributed by atoms with Crippen molar-refractivity contribution in [3.05, 3.63) is 70.7 Å². The molecule has 0 spiro atoms. The maximum absolute atomic E-state index is 12.1. The van der Waals surface area contributed by atoms with E-state index in [1.54, 1.807) is 55.0 Å². The Kier molecular flexibility index (Phi) is 4.98. The Hall–Kier alpha value is -2.57. The molecule has 0 fully saturated rings. The summed E-state index contributed by atoms with van der Waals surface area (Å²) >= 11 is 11.9. The Morgan fingerprint density at radius 1 is 1.17 bits per heavy atom. The Bertz CT molecular complexity index is 852. The quantitative estimate of drug-likeness (QED) is 0.747. The van der Waals surface area contributed by atoms with Gasteiger partial charge in [-0.15, -0.1) is 0 Å². The first-order valence-corrected chi connectivity index (χ1v) is 7.70. The van der Waals surface area contributed by atoms with Crippen molar-refractivity contribution in [2.45, 2.75) is 6.73 Å². The van der Waals surface area contributed by atoms with E-state index >= 15 is 0 Å². The minimum absolute atomic E-state index is 0.115. The molecule has 0 unspecified atom stereocenters. The van der Waals surface area contributed by atoms with Crippen LogP contribution in [0.1, 0.15) is 10.5 Å². The zero-order chi connectivity index (χ0) is 16.9. The van der Waals surface area contributed by atoms with Crippen molar-refractivity contribution in [3.63, 3.8) is 0 Å². The predicted molar refractivity (Wildman–Crippen MR) is 91.5 cm³/mol. The van der Waals surface area contributed by atoms with Gasteiger partial charge in [0.25, 0.3) is 5.91 Å². The van der Waals surface area contributed by atoms with E-state index in [0.717, 1.165) is 0 Å². The molecule has 122 valence electrons. The molecule has 2 aromatic heterocycles. The van der Waals surface area contributed by atoms with Gasteiger partial charge in [-0.2, -0.15) is 5.10 Å². The van der Waals surface area contributed by atoms with Gasteiger partial charge in [-0.05, 0) is 36.4 Å². The zero-order valence-electron chi connectivity index (χ0n) is 12.3. The number of amides is 1. The van der Waals surface area contributed by atoms with E-state index in [1.807, 2.05) is 0 Å². The zero-order valence-corrected chi connectivity index (χ0v) is 13.8. The maximum atomic E-state index is 12.1. The van der Waals surface area contributed by atoms with Gasteiger partial charge in [0.1, 0.15) is 5.75 Å². The standard InChI is InChI=1S/C16H12Cl2N4O2/c17-11-1-2-15(13(18)9-11)24-10-22-8-5-14(21-22)16(23)20-12-3-6-19-7-4-12/h1-9H,10H2,(H,19,20,23). The lowest BCUT2D eigenvalue weighted by atomic mass is 10.3. The monoisotopic (exact) mass is 362 g/mol. The number of rotatable bonds is 5. The molecule has 0 bridgehead atoms. The fraction of sp³-hybridized carbons (Fsp3) is 0.0625. The van der Waals surface area contributed by atoms with Gasteiger partial charge in [0.05, 0.1) is 5.02 Å². The summed E-state index contributed by atoms with van der Waals surface area (Å²) in [5.74, 6) is 0.170. The first-order valence-electron chi connectivity index (χ1n) is 6.94. The second-order valence-corrected chi connectivity index (χ2v) is 5.62. The second-order valence-electron chi connectivity index (χ2n) is 4.78. The number of anilines is 1. The molecule has 1 amide bonds. The normalized spacial score (nSPS) is 10.4. The van der Waals surface area contributed by atoms with Crippen LogP contribution in [-0.2, 0) is 6.73 Å². The lowest BCUT2D eigenvalue weighted by molar-refractivity contribution is 0.102. The Balaban J connectivity index is 1.62. The first kappa shape index (κ1) is 16.3. The summed E-state index contributed by atoms with van der Waals surface area (Å²) in [4.78, 5) is 16.0. The predicted octanol–water partition coefficient (Wildman–Crippen LogP) is 3.87. The summed E-state index contributed by atoms with van der Waals surface area (Å²) in [6.07, 6.45) is 4.83. The molecule has 0 aliphatic rings. The molecule has 0 radical (unpaired) electrons. The number of aromatic nitrogens is 3. The average molecular weight is 363 g/mol. The summed E-state index contributed by atoms with van der Waals surface area (Å²) < 4.78 is 7.05. The van der Waals surface area contributed by atoms with Crippen LogP contribution in [-0.4, -0.2) is 20.7 Å². The van der Waals surface area contributed by atoms with Gasteiger partial charge < -0.3 is 10.1 Å². The van der Waals surface area contributed by atoms with Crippen LogP contribution in [0.5, 0.6) is 5.75 Å². The third-order valence-electron chi connectivity index (χ3n) is 3.06. The van der Waals surface area contributed by atoms with Crippen molar-refractivity contribution in [1.82, 2.24) is 14.8 Å². The number of pyridine rings is 1. The van der Waals surface area contributed by atoms with Crippen LogP contribution in [0.25, 0.3) is 0 Å². The highest BCUT2D eigenvalue weighted by molar-refractivity contribution is 6.35. The van der Waals surface area contributed by atoms with E-state index < -0.39 is 0 Å². The van der Waals surface area contributed by atoms with Gasteiger partial charge in [-0.3, -0.25) is 9.78 Å². The summed E-state index contributed by atoms with van der Waals surface area (Å²) in [5.41, 5.74) is 0.923. The number of benzene rings is 1. The number of carbonyl (C=O) groups excluding carboxylic acids is 1. The lowest BCUT2D eigenvalue weighted by Gasteiger charge is -2.08. The maximum Gasteiger partial charge on any atom is 0.276 e. The Morgan fingerprint density at radius 2 is 1.96 bits per heavy atom. The molecule has 8 heteroatoms. The number of nitrogens with one attached hydrogen (secondary N) is 1. The molecule has 6 nitrogen and oxygen atoms in total. The summed E-state index contributed by atoms with van der Waals surface area (Å²) in [6, 6.07) is 9.93. The number of nitrogens with zero attached hydrogens (tertiary/aromatic N) is 3. The van der Waals surface area contributed by atoms with Crippen LogP contribution in [0.15, 0.2) is 55.0 Å². The molecular formula is C16H12Cl2N4O2. The number of hydrogen-bond acceptors (Lipinski definition) is 4. The molecule has 0 saturated heterocycles. The molecule has 0 aliphatic carbocycles. The molecule has 0 atom stereocenters. The van der Waals surface area contributed by atoms with Gasteiger partial charge in [-0.25, -0.2) is 4.68 Å². The molecule has 0 aliphatic heterocycles. The van der Waals surface area contributed by atoms with Crippen molar-refractivity contribution < 1.29 is 9.53 Å². The largest absolute Gasteiger partial charge is 0.470 e. The van der Waals surface area contributed by atoms with E-state index in [2.05, 4.69) is 15.4 Å². The third-order valence-corrected chi connectivity index (χ3v) is 3.59. The fourth-order valence-electron chi connectivity index (χ4n) is 1.91. The van der Waals surface area contributed by atoms with E-state index in [9.17, 15) is 4.79 Å². The Morgan fingerprint density at radius 3 is 2.71 bits per heavy atom. The molecule has 1 N–H and O–H groups in total. The van der Waals surface area contributed by atoms with Crippen LogP contribution in [0.4, 0.5) is 5.69 Å². The molecule has 0 saturated carbocycles. The van der Waals surface area contributed by atoms with E-state index in [-0.39, 0.29) is 18.3 Å². The minimum atomic E-state index is -0.315. The van der Waals surface area contributed by atoms with Crippen molar-refractivity contribution in [2.24, 2.45) is 0 Å². The van der Waals surface area contributed by atoms with Gasteiger partial charge in [0.2, 0.25) is 0 Å². The highest BCUT2D eigenvalue weighted by atomic mass is 35.5. The number of hydrogen-bond donors (Lipinski definition) is 1. The van der Waals surface area contributed by atoms with Crippen molar-refractivity contribution in [2.75, 3.05) is 5.32 Å². The van der Waals surface area contributed by atoms with Crippen LogP contribution < -0.4 is 10.1 Å². The number of carbonyl (C=O) groups is 1. The number of ether oxygens (including phenoxy) is 1. The van der Waals surface area contributed by atoms with E-state index in [4.69, 9.17) is 27.9 Å². The van der Waals surface area contributed by atoms with Crippen molar-refractivity contribution in [3.8, 4) is 5.75 Å². The summed E-state index contributed by atoms with van der Waals surface area (Å²) in [6.45, 7) is 0.115. The molecule has 24 heavy (non-hydrogen) atoms. The minimum Gasteiger partial charge on any atom is -0.470 e. The lowest BCUT2D eigenvalue weighted by Crippen LogP contribution is -2.14. The molecule has 1 aromatic carbocycles. The third kappa shape index (κ3) is 4.04. The highest BCUT2D eigenvalue weighted by Crippen LogP contribution is 2.27. The van der Waals surface area contributed by atoms with Gasteiger partial charge >= 0.3 is 0 Å². The SMILES string of the molecule is O=C(Nc1ccncc1)c1ccn(COc2ccc(Cl)cc2Cl)n1. The van der Waals surface area contributed by atoms with Gasteiger partial charge in [0.15, 0.2) is 12.4 Å². The smallest absolute Gasteiger partial charge is 0.276 e. The van der Waals surface area contributed by atoms with E-state index in [0.29, 0.717) is 21.5 Å². The number of halogens is 2. The van der Waals surface area contributed by atoms with Crippen LogP contribution >= 0.6 is 23.2 Å². The first-order chi connectivity index (χ1) is 11.6. The summed E-state index contributed by atoms with van der Waals surface area (Å²) in [5, 5.41) is 7.83. The van der Waals surface area contributed by atoms with Crippen molar-refractivity contribution >= 4 is 34.8 Å².